The van der Waals surface area contributed by atoms with Crippen molar-refractivity contribution in [1.29, 1.82) is 0 Å². The summed E-state index contributed by atoms with van der Waals surface area (Å²) >= 11 is 0. The Kier molecular flexibility index (Phi) is 6.80. The lowest BCUT2D eigenvalue weighted by Crippen LogP contribution is -2.18. The number of allylic oxidation sites excluding steroid dienone is 2. The van der Waals surface area contributed by atoms with E-state index >= 15 is 0 Å². The molecule has 27 heavy (non-hydrogen) atoms. The maximum absolute atomic E-state index is 12.5. The highest BCUT2D eigenvalue weighted by Gasteiger charge is 2.23. The maximum Gasteiger partial charge on any atom is 0.313 e. The summed E-state index contributed by atoms with van der Waals surface area (Å²) in [5, 5.41) is 0. The molecule has 2 aromatic carbocycles. The van der Waals surface area contributed by atoms with E-state index in [-0.39, 0.29) is 37.0 Å². The normalized spacial score (nSPS) is 23.1. The largest absolute Gasteiger partial charge is 0.465 e. The Bertz CT molecular complexity index is 702. The van der Waals surface area contributed by atoms with Gasteiger partial charge in [-0.15, -0.1) is 0 Å². The number of cyclic esters (lactones) is 2. The average molecular weight is 364 g/mol. The van der Waals surface area contributed by atoms with Crippen LogP contribution in [-0.4, -0.2) is 25.2 Å². The first-order valence-electron chi connectivity index (χ1n) is 9.34. The van der Waals surface area contributed by atoms with Gasteiger partial charge in [0.1, 0.15) is 0 Å². The Morgan fingerprint density at radius 3 is 1.44 bits per heavy atom. The number of hydrogen-bond acceptors (Lipinski definition) is 4. The van der Waals surface area contributed by atoms with E-state index in [0.717, 1.165) is 11.1 Å². The van der Waals surface area contributed by atoms with E-state index in [1.807, 2.05) is 72.8 Å². The predicted octanol–water partition coefficient (Wildman–Crippen LogP) is 4.38. The summed E-state index contributed by atoms with van der Waals surface area (Å²) in [4.78, 5) is 25.0. The highest BCUT2D eigenvalue weighted by molar-refractivity contribution is 5.79. The minimum Gasteiger partial charge on any atom is -0.465 e. The standard InChI is InChI=1S/C23H24O4/c24-22-20(18-10-3-1-4-11-18)14-7-8-15-21(19-12-5-2-6-13-19)23(25)27-17-9-16-26-22/h1-8,10-13,20-21H,9,14-17H2/b8-7+/t20-,21+. The smallest absolute Gasteiger partial charge is 0.313 e. The molecule has 0 N–H and O–H groups in total. The fraction of sp³-hybridized carbons (Fsp3) is 0.304. The van der Waals surface area contributed by atoms with Crippen LogP contribution in [0.3, 0.4) is 0 Å². The topological polar surface area (TPSA) is 52.6 Å². The third-order valence-electron chi connectivity index (χ3n) is 4.66. The number of carbonyl (C=O) groups excluding carboxylic acids is 2. The SMILES string of the molecule is O=C1OCCCOC(=O)[C@@H](c2ccccc2)C/C=C/C[C@H]1c1ccccc1. The molecule has 1 aliphatic heterocycles. The van der Waals surface area contributed by atoms with Crippen LogP contribution in [0.4, 0.5) is 0 Å². The quantitative estimate of drug-likeness (QED) is 0.586. The first kappa shape index (κ1) is 18.9. The molecule has 4 nitrogen and oxygen atoms in total. The summed E-state index contributed by atoms with van der Waals surface area (Å²) in [6, 6.07) is 19.3. The fourth-order valence-electron chi connectivity index (χ4n) is 3.18. The Morgan fingerprint density at radius 2 is 1.04 bits per heavy atom. The first-order valence-corrected chi connectivity index (χ1v) is 9.34. The number of hydrogen-bond donors (Lipinski definition) is 0. The molecule has 0 aliphatic carbocycles. The van der Waals surface area contributed by atoms with E-state index in [1.165, 1.54) is 0 Å². The summed E-state index contributed by atoms with van der Waals surface area (Å²) in [5.41, 5.74) is 1.88. The van der Waals surface area contributed by atoms with Crippen molar-refractivity contribution < 1.29 is 19.1 Å². The molecule has 0 saturated carbocycles. The first-order chi connectivity index (χ1) is 13.3. The zero-order valence-electron chi connectivity index (χ0n) is 15.3. The highest BCUT2D eigenvalue weighted by Crippen LogP contribution is 2.25. The number of rotatable bonds is 2. The summed E-state index contributed by atoms with van der Waals surface area (Å²) in [5.74, 6) is -1.16. The molecule has 1 aliphatic rings. The number of carbonyl (C=O) groups is 2. The molecule has 0 radical (unpaired) electrons. The van der Waals surface area contributed by atoms with E-state index in [2.05, 4.69) is 0 Å². The Balaban J connectivity index is 1.79. The number of esters is 2. The van der Waals surface area contributed by atoms with Gasteiger partial charge in [-0.2, -0.15) is 0 Å². The van der Waals surface area contributed by atoms with Crippen molar-refractivity contribution >= 4 is 11.9 Å². The molecule has 0 spiro atoms. The Labute approximate surface area is 159 Å². The van der Waals surface area contributed by atoms with Crippen LogP contribution in [0.1, 0.15) is 42.2 Å². The van der Waals surface area contributed by atoms with Gasteiger partial charge in [-0.1, -0.05) is 72.8 Å². The number of benzene rings is 2. The fourth-order valence-corrected chi connectivity index (χ4v) is 3.18. The van der Waals surface area contributed by atoms with Gasteiger partial charge in [-0.25, -0.2) is 0 Å². The lowest BCUT2D eigenvalue weighted by molar-refractivity contribution is -0.147. The van der Waals surface area contributed by atoms with Gasteiger partial charge in [0, 0.05) is 6.42 Å². The van der Waals surface area contributed by atoms with Gasteiger partial charge in [-0.05, 0) is 24.0 Å². The lowest BCUT2D eigenvalue weighted by Gasteiger charge is -2.15. The molecule has 0 bridgehead atoms. The van der Waals surface area contributed by atoms with Crippen LogP contribution < -0.4 is 0 Å². The van der Waals surface area contributed by atoms with Crippen LogP contribution in [-0.2, 0) is 19.1 Å². The van der Waals surface area contributed by atoms with Gasteiger partial charge in [0.15, 0.2) is 0 Å². The van der Waals surface area contributed by atoms with Crippen LogP contribution >= 0.6 is 0 Å². The molecule has 4 heteroatoms. The van der Waals surface area contributed by atoms with Gasteiger partial charge in [0.2, 0.25) is 0 Å². The minimum absolute atomic E-state index is 0.240. The summed E-state index contributed by atoms with van der Waals surface area (Å²) in [6.45, 7) is 0.490. The third kappa shape index (κ3) is 5.30. The van der Waals surface area contributed by atoms with E-state index in [0.29, 0.717) is 19.3 Å². The second kappa shape index (κ2) is 9.72. The molecule has 3 rings (SSSR count). The zero-order valence-corrected chi connectivity index (χ0v) is 15.3. The van der Waals surface area contributed by atoms with Crippen LogP contribution in [0.15, 0.2) is 72.8 Å². The summed E-state index contributed by atoms with van der Waals surface area (Å²) < 4.78 is 10.8. The van der Waals surface area contributed by atoms with Gasteiger partial charge in [-0.3, -0.25) is 9.59 Å². The molecular formula is C23H24O4. The van der Waals surface area contributed by atoms with Crippen molar-refractivity contribution in [3.63, 3.8) is 0 Å². The van der Waals surface area contributed by atoms with Gasteiger partial charge in [0.05, 0.1) is 25.0 Å². The van der Waals surface area contributed by atoms with Crippen LogP contribution in [0, 0.1) is 0 Å². The number of ether oxygens (including phenoxy) is 2. The maximum atomic E-state index is 12.5. The van der Waals surface area contributed by atoms with E-state index < -0.39 is 0 Å². The Morgan fingerprint density at radius 1 is 0.630 bits per heavy atom. The molecule has 1 heterocycles. The average Bonchev–Trinajstić information content (AvgIpc) is 2.72. The predicted molar refractivity (Wildman–Crippen MR) is 103 cm³/mol. The van der Waals surface area contributed by atoms with Crippen molar-refractivity contribution in [3.8, 4) is 0 Å². The minimum atomic E-state index is -0.338. The third-order valence-corrected chi connectivity index (χ3v) is 4.66. The molecule has 0 amide bonds. The molecule has 0 saturated heterocycles. The lowest BCUT2D eigenvalue weighted by atomic mass is 9.93. The van der Waals surface area contributed by atoms with Crippen LogP contribution in [0.2, 0.25) is 0 Å². The van der Waals surface area contributed by atoms with Gasteiger partial charge in [0.25, 0.3) is 0 Å². The molecule has 140 valence electrons. The molecule has 2 aromatic rings. The van der Waals surface area contributed by atoms with Crippen molar-refractivity contribution in [2.45, 2.75) is 31.1 Å². The molecule has 0 aromatic heterocycles. The second-order valence-corrected chi connectivity index (χ2v) is 6.56. The Hall–Kier alpha value is -2.88. The molecule has 2 atom stereocenters. The van der Waals surface area contributed by atoms with Crippen molar-refractivity contribution in [2.24, 2.45) is 0 Å². The highest BCUT2D eigenvalue weighted by atomic mass is 16.5. The summed E-state index contributed by atoms with van der Waals surface area (Å²) in [6.07, 6.45) is 5.49. The van der Waals surface area contributed by atoms with Gasteiger partial charge >= 0.3 is 11.9 Å². The van der Waals surface area contributed by atoms with E-state index in [4.69, 9.17) is 9.47 Å². The van der Waals surface area contributed by atoms with Crippen LogP contribution in [0.5, 0.6) is 0 Å². The molecular weight excluding hydrogens is 340 g/mol. The van der Waals surface area contributed by atoms with Crippen LogP contribution in [0.25, 0.3) is 0 Å². The monoisotopic (exact) mass is 364 g/mol. The van der Waals surface area contributed by atoms with Crippen molar-refractivity contribution in [3.05, 3.63) is 83.9 Å². The molecule has 0 unspecified atom stereocenters. The molecule has 0 fully saturated rings. The van der Waals surface area contributed by atoms with Crippen molar-refractivity contribution in [1.82, 2.24) is 0 Å². The van der Waals surface area contributed by atoms with Gasteiger partial charge < -0.3 is 9.47 Å². The van der Waals surface area contributed by atoms with Crippen molar-refractivity contribution in [2.75, 3.05) is 13.2 Å². The summed E-state index contributed by atoms with van der Waals surface area (Å²) in [7, 11) is 0. The van der Waals surface area contributed by atoms with E-state index in [9.17, 15) is 9.59 Å². The van der Waals surface area contributed by atoms with E-state index in [1.54, 1.807) is 0 Å². The second-order valence-electron chi connectivity index (χ2n) is 6.56. The zero-order chi connectivity index (χ0) is 18.9.